The van der Waals surface area contributed by atoms with Crippen LogP contribution in [0.15, 0.2) is 34.7 Å². The Kier molecular flexibility index (Phi) is 3.51. The lowest BCUT2D eigenvalue weighted by molar-refractivity contribution is 0.224. The first-order valence-electron chi connectivity index (χ1n) is 8.02. The maximum absolute atomic E-state index is 12.4. The fourth-order valence-corrected chi connectivity index (χ4v) is 6.62. The lowest BCUT2D eigenvalue weighted by atomic mass is 10.00. The molecule has 0 unspecified atom stereocenters. The van der Waals surface area contributed by atoms with Crippen molar-refractivity contribution in [2.45, 2.75) is 17.8 Å². The van der Waals surface area contributed by atoms with Crippen molar-refractivity contribution in [2.24, 2.45) is 5.92 Å². The van der Waals surface area contributed by atoms with E-state index < -0.39 is 9.84 Å². The van der Waals surface area contributed by atoms with Gasteiger partial charge in [-0.1, -0.05) is 18.2 Å². The molecule has 0 spiro atoms. The van der Waals surface area contributed by atoms with Gasteiger partial charge in [-0.05, 0) is 26.2 Å². The first kappa shape index (κ1) is 15.2. The highest BCUT2D eigenvalue weighted by Gasteiger charge is 2.52. The van der Waals surface area contributed by atoms with E-state index in [9.17, 15) is 8.42 Å². The molecule has 0 N–H and O–H groups in total. The fraction of sp³-hybridized carbons (Fsp3) is 0.529. The first-order valence-corrected chi connectivity index (χ1v) is 9.73. The first-order chi connectivity index (χ1) is 10.9. The molecule has 0 saturated carbocycles. The Morgan fingerprint density at radius 3 is 2.78 bits per heavy atom. The largest absolute Gasteiger partial charge is 0.460 e. The molecule has 3 atom stereocenters. The normalized spacial score (nSPS) is 30.3. The molecule has 0 aliphatic carbocycles. The molecule has 2 aromatic rings. The summed E-state index contributed by atoms with van der Waals surface area (Å²) in [6.07, 6.45) is 0. The lowest BCUT2D eigenvalue weighted by Gasteiger charge is -2.24. The Morgan fingerprint density at radius 1 is 1.26 bits per heavy atom. The Balaban J connectivity index is 1.54. The highest BCUT2D eigenvalue weighted by molar-refractivity contribution is 7.92. The number of fused-ring (bicyclic) bond motifs is 2. The van der Waals surface area contributed by atoms with Crippen molar-refractivity contribution in [3.8, 4) is 0 Å². The number of sulfone groups is 1. The second kappa shape index (κ2) is 5.33. The highest BCUT2D eigenvalue weighted by atomic mass is 32.2. The number of para-hydroxylation sites is 1. The van der Waals surface area contributed by atoms with E-state index in [2.05, 4.69) is 15.9 Å². The molecular formula is C17H22N2O3S. The molecule has 6 heteroatoms. The van der Waals surface area contributed by atoms with Crippen molar-refractivity contribution >= 4 is 20.8 Å². The van der Waals surface area contributed by atoms with Gasteiger partial charge in [-0.2, -0.15) is 0 Å². The van der Waals surface area contributed by atoms with E-state index in [1.165, 1.54) is 0 Å². The van der Waals surface area contributed by atoms with Gasteiger partial charge < -0.3 is 9.32 Å². The maximum Gasteiger partial charge on any atom is 0.156 e. The van der Waals surface area contributed by atoms with Crippen LogP contribution in [0.25, 0.3) is 11.0 Å². The quantitative estimate of drug-likeness (QED) is 0.853. The third-order valence-electron chi connectivity index (χ3n) is 5.26. The zero-order valence-corrected chi connectivity index (χ0v) is 14.3. The summed E-state index contributed by atoms with van der Waals surface area (Å²) >= 11 is 0. The number of furan rings is 1. The van der Waals surface area contributed by atoms with Crippen molar-refractivity contribution in [3.05, 3.63) is 36.1 Å². The lowest BCUT2D eigenvalue weighted by Crippen LogP contribution is -2.37. The van der Waals surface area contributed by atoms with Crippen LogP contribution in [0.3, 0.4) is 0 Å². The summed E-state index contributed by atoms with van der Waals surface area (Å²) in [4.78, 5) is 4.28. The van der Waals surface area contributed by atoms with Crippen LogP contribution < -0.4 is 0 Å². The molecule has 5 nitrogen and oxygen atoms in total. The Morgan fingerprint density at radius 2 is 2.04 bits per heavy atom. The van der Waals surface area contributed by atoms with Crippen molar-refractivity contribution in [2.75, 3.05) is 32.9 Å². The molecule has 2 fully saturated rings. The molecule has 23 heavy (non-hydrogen) atoms. The van der Waals surface area contributed by atoms with Gasteiger partial charge >= 0.3 is 0 Å². The minimum atomic E-state index is -2.98. The van der Waals surface area contributed by atoms with Crippen LogP contribution in [-0.4, -0.2) is 62.4 Å². The van der Waals surface area contributed by atoms with Crippen LogP contribution in [0, 0.1) is 5.92 Å². The molecule has 0 amide bonds. The average molecular weight is 334 g/mol. The molecule has 2 aliphatic rings. The SMILES string of the molecule is CN(C)[C@H]1CS(=O)(=O)[C@H]2CN(Cc3cc4ccccc4o3)C[C@@H]12. The fourth-order valence-electron chi connectivity index (χ4n) is 4.11. The Hall–Kier alpha value is -1.37. The van der Waals surface area contributed by atoms with E-state index >= 15 is 0 Å². The zero-order valence-electron chi connectivity index (χ0n) is 13.5. The van der Waals surface area contributed by atoms with E-state index in [-0.39, 0.29) is 17.2 Å². The second-order valence-electron chi connectivity index (χ2n) is 7.01. The number of likely N-dealkylation sites (tertiary alicyclic amines) is 1. The van der Waals surface area contributed by atoms with E-state index in [0.717, 1.165) is 23.3 Å². The van der Waals surface area contributed by atoms with Gasteiger partial charge in [0, 0.05) is 30.4 Å². The molecule has 4 rings (SSSR count). The number of benzene rings is 1. The minimum absolute atomic E-state index is 0.130. The summed E-state index contributed by atoms with van der Waals surface area (Å²) in [5, 5.41) is 0.875. The van der Waals surface area contributed by atoms with E-state index in [1.54, 1.807) is 0 Å². The summed E-state index contributed by atoms with van der Waals surface area (Å²) in [6, 6.07) is 10.1. The van der Waals surface area contributed by atoms with Crippen LogP contribution in [0.1, 0.15) is 5.76 Å². The standard InChI is InChI=1S/C17H22N2O3S/c1-18(2)15-11-23(20,21)17-10-19(9-14(15)17)8-13-7-12-5-3-4-6-16(12)22-13/h3-7,14-15,17H,8-11H2,1-2H3/t14-,15-,17-/m0/s1. The zero-order chi connectivity index (χ0) is 16.2. The van der Waals surface area contributed by atoms with Crippen LogP contribution >= 0.6 is 0 Å². The summed E-state index contributed by atoms with van der Waals surface area (Å²) < 4.78 is 30.7. The Labute approximate surface area is 136 Å². The van der Waals surface area contributed by atoms with Gasteiger partial charge in [0.25, 0.3) is 0 Å². The summed E-state index contributed by atoms with van der Waals surface area (Å²) in [7, 11) is 0.972. The maximum atomic E-state index is 12.4. The molecule has 3 heterocycles. The van der Waals surface area contributed by atoms with Gasteiger partial charge in [-0.25, -0.2) is 8.42 Å². The topological polar surface area (TPSA) is 53.8 Å². The monoisotopic (exact) mass is 334 g/mol. The summed E-state index contributed by atoms with van der Waals surface area (Å²) in [6.45, 7) is 2.12. The van der Waals surface area contributed by atoms with Gasteiger partial charge in [0.1, 0.15) is 11.3 Å². The number of rotatable bonds is 3. The van der Waals surface area contributed by atoms with Gasteiger partial charge in [-0.3, -0.25) is 4.90 Å². The number of hydrogen-bond acceptors (Lipinski definition) is 5. The predicted molar refractivity (Wildman–Crippen MR) is 90.0 cm³/mol. The smallest absolute Gasteiger partial charge is 0.156 e. The molecule has 124 valence electrons. The van der Waals surface area contributed by atoms with Crippen LogP contribution in [0.4, 0.5) is 0 Å². The number of hydrogen-bond donors (Lipinski definition) is 0. The van der Waals surface area contributed by atoms with Gasteiger partial charge in [0.05, 0.1) is 17.5 Å². The van der Waals surface area contributed by atoms with Crippen LogP contribution in [0.2, 0.25) is 0 Å². The van der Waals surface area contributed by atoms with E-state index in [1.807, 2.05) is 38.4 Å². The number of nitrogens with zero attached hydrogens (tertiary/aromatic N) is 2. The molecular weight excluding hydrogens is 312 g/mol. The van der Waals surface area contributed by atoms with E-state index in [0.29, 0.717) is 18.8 Å². The van der Waals surface area contributed by atoms with Crippen molar-refractivity contribution in [1.82, 2.24) is 9.80 Å². The highest BCUT2D eigenvalue weighted by Crippen LogP contribution is 2.36. The summed E-state index contributed by atoms with van der Waals surface area (Å²) in [5.74, 6) is 1.41. The second-order valence-corrected chi connectivity index (χ2v) is 9.27. The molecule has 1 aromatic heterocycles. The van der Waals surface area contributed by atoms with Gasteiger partial charge in [0.2, 0.25) is 0 Å². The van der Waals surface area contributed by atoms with Crippen molar-refractivity contribution < 1.29 is 12.8 Å². The van der Waals surface area contributed by atoms with Crippen molar-refractivity contribution in [1.29, 1.82) is 0 Å². The molecule has 0 bridgehead atoms. The molecule has 2 aliphatic heterocycles. The van der Waals surface area contributed by atoms with Crippen LogP contribution in [-0.2, 0) is 16.4 Å². The summed E-state index contributed by atoms with van der Waals surface area (Å²) in [5.41, 5.74) is 0.890. The third kappa shape index (κ3) is 2.58. The van der Waals surface area contributed by atoms with Gasteiger partial charge in [-0.15, -0.1) is 0 Å². The van der Waals surface area contributed by atoms with E-state index in [4.69, 9.17) is 4.42 Å². The van der Waals surface area contributed by atoms with Crippen molar-refractivity contribution in [3.63, 3.8) is 0 Å². The molecule has 2 saturated heterocycles. The minimum Gasteiger partial charge on any atom is -0.460 e. The van der Waals surface area contributed by atoms with Crippen LogP contribution in [0.5, 0.6) is 0 Å². The predicted octanol–water partition coefficient (Wildman–Crippen LogP) is 1.59. The third-order valence-corrected chi connectivity index (χ3v) is 7.49. The molecule has 1 aromatic carbocycles. The average Bonchev–Trinajstić information content (AvgIpc) is 3.13. The van der Waals surface area contributed by atoms with Gasteiger partial charge in [0.15, 0.2) is 9.84 Å². The molecule has 0 radical (unpaired) electrons. The Bertz CT molecular complexity index is 794.